The molecular weight excluding hydrogens is 384 g/mol. The van der Waals surface area contributed by atoms with Gasteiger partial charge in [-0.2, -0.15) is 0 Å². The number of nitrogens with one attached hydrogen (secondary N) is 2. The highest BCUT2D eigenvalue weighted by atomic mass is 32.2. The molecule has 1 fully saturated rings. The van der Waals surface area contributed by atoms with Crippen LogP contribution in [0.1, 0.15) is 23.2 Å². The van der Waals surface area contributed by atoms with Crippen molar-refractivity contribution in [1.82, 2.24) is 4.72 Å². The zero-order valence-electron chi connectivity index (χ0n) is 15.0. The summed E-state index contributed by atoms with van der Waals surface area (Å²) in [6, 6.07) is 13.4. The lowest BCUT2D eigenvalue weighted by Crippen LogP contribution is -2.31. The molecule has 27 heavy (non-hydrogen) atoms. The molecule has 0 saturated carbocycles. The number of benzene rings is 2. The minimum absolute atomic E-state index is 0.0677. The van der Waals surface area contributed by atoms with E-state index in [1.807, 2.05) is 30.5 Å². The zero-order chi connectivity index (χ0) is 19.3. The Morgan fingerprint density at radius 1 is 1.22 bits per heavy atom. The Labute approximate surface area is 163 Å². The quantitative estimate of drug-likeness (QED) is 0.690. The fourth-order valence-corrected chi connectivity index (χ4v) is 4.31. The van der Waals surface area contributed by atoms with Crippen molar-refractivity contribution in [1.29, 1.82) is 0 Å². The normalized spacial score (nSPS) is 17.0. The van der Waals surface area contributed by atoms with Gasteiger partial charge in [-0.05, 0) is 61.6 Å². The number of hydrogen-bond donors (Lipinski definition) is 2. The highest BCUT2D eigenvalue weighted by Gasteiger charge is 2.20. The molecule has 1 atom stereocenters. The second-order valence-electron chi connectivity index (χ2n) is 6.20. The van der Waals surface area contributed by atoms with Crippen LogP contribution in [0.2, 0.25) is 0 Å². The average Bonchev–Trinajstić information content (AvgIpc) is 3.20. The van der Waals surface area contributed by atoms with Crippen LogP contribution in [-0.4, -0.2) is 39.8 Å². The zero-order valence-corrected chi connectivity index (χ0v) is 16.6. The lowest BCUT2D eigenvalue weighted by Gasteiger charge is -2.12. The van der Waals surface area contributed by atoms with Crippen molar-refractivity contribution < 1.29 is 17.9 Å². The Kier molecular flexibility index (Phi) is 6.54. The predicted molar refractivity (Wildman–Crippen MR) is 107 cm³/mol. The first-order valence-electron chi connectivity index (χ1n) is 8.65. The monoisotopic (exact) mass is 406 g/mol. The van der Waals surface area contributed by atoms with Gasteiger partial charge in [0, 0.05) is 29.3 Å². The van der Waals surface area contributed by atoms with Gasteiger partial charge in [-0.15, -0.1) is 11.8 Å². The number of thioether (sulfide) groups is 1. The van der Waals surface area contributed by atoms with E-state index in [1.165, 1.54) is 24.3 Å². The maximum absolute atomic E-state index is 12.4. The SMILES string of the molecule is CSc1cccc(NC(=O)c2ccc(S(=O)(=O)NCC3CCCO3)cc2)c1. The largest absolute Gasteiger partial charge is 0.377 e. The molecule has 1 aliphatic heterocycles. The van der Waals surface area contributed by atoms with Crippen LogP contribution in [0.25, 0.3) is 0 Å². The van der Waals surface area contributed by atoms with Gasteiger partial charge in [0.2, 0.25) is 10.0 Å². The molecule has 2 N–H and O–H groups in total. The summed E-state index contributed by atoms with van der Waals surface area (Å²) in [7, 11) is -3.62. The topological polar surface area (TPSA) is 84.5 Å². The van der Waals surface area contributed by atoms with Crippen LogP contribution in [0.3, 0.4) is 0 Å². The van der Waals surface area contributed by atoms with E-state index in [0.717, 1.165) is 17.7 Å². The van der Waals surface area contributed by atoms with Crippen LogP contribution in [0.4, 0.5) is 5.69 Å². The minimum Gasteiger partial charge on any atom is -0.377 e. The number of anilines is 1. The van der Waals surface area contributed by atoms with Crippen molar-refractivity contribution >= 4 is 33.4 Å². The molecule has 2 aromatic rings. The highest BCUT2D eigenvalue weighted by Crippen LogP contribution is 2.20. The van der Waals surface area contributed by atoms with Gasteiger partial charge in [0.1, 0.15) is 0 Å². The van der Waals surface area contributed by atoms with E-state index in [0.29, 0.717) is 17.9 Å². The van der Waals surface area contributed by atoms with E-state index in [2.05, 4.69) is 10.0 Å². The first-order valence-corrected chi connectivity index (χ1v) is 11.4. The fourth-order valence-electron chi connectivity index (χ4n) is 2.78. The summed E-state index contributed by atoms with van der Waals surface area (Å²) >= 11 is 1.59. The van der Waals surface area contributed by atoms with Crippen molar-refractivity contribution in [2.45, 2.75) is 28.7 Å². The van der Waals surface area contributed by atoms with Crippen molar-refractivity contribution in [3.05, 3.63) is 54.1 Å². The molecule has 0 bridgehead atoms. The Balaban J connectivity index is 1.63. The van der Waals surface area contributed by atoms with Gasteiger partial charge in [0.25, 0.3) is 5.91 Å². The van der Waals surface area contributed by atoms with Gasteiger partial charge in [-0.1, -0.05) is 6.07 Å². The van der Waals surface area contributed by atoms with Gasteiger partial charge in [-0.25, -0.2) is 13.1 Å². The van der Waals surface area contributed by atoms with Crippen LogP contribution < -0.4 is 10.0 Å². The molecule has 1 heterocycles. The second-order valence-corrected chi connectivity index (χ2v) is 8.84. The minimum atomic E-state index is -3.62. The number of hydrogen-bond acceptors (Lipinski definition) is 5. The van der Waals surface area contributed by atoms with Crippen LogP contribution in [0.15, 0.2) is 58.3 Å². The molecule has 1 amide bonds. The maximum Gasteiger partial charge on any atom is 0.255 e. The molecule has 1 aliphatic rings. The van der Waals surface area contributed by atoms with Crippen molar-refractivity contribution in [3.63, 3.8) is 0 Å². The van der Waals surface area contributed by atoms with Gasteiger partial charge in [0.15, 0.2) is 0 Å². The Morgan fingerprint density at radius 2 is 2.00 bits per heavy atom. The molecule has 144 valence electrons. The van der Waals surface area contributed by atoms with E-state index in [9.17, 15) is 13.2 Å². The van der Waals surface area contributed by atoms with Gasteiger partial charge < -0.3 is 10.1 Å². The van der Waals surface area contributed by atoms with E-state index in [-0.39, 0.29) is 23.5 Å². The lowest BCUT2D eigenvalue weighted by atomic mass is 10.2. The van der Waals surface area contributed by atoms with Crippen LogP contribution >= 0.6 is 11.8 Å². The number of sulfonamides is 1. The summed E-state index contributed by atoms with van der Waals surface area (Å²) < 4.78 is 32.7. The highest BCUT2D eigenvalue weighted by molar-refractivity contribution is 7.98. The standard InChI is InChI=1S/C19H22N2O4S2/c1-26-17-6-2-4-15(12-17)21-19(22)14-7-9-18(10-8-14)27(23,24)20-13-16-5-3-11-25-16/h2,4,6-10,12,16,20H,3,5,11,13H2,1H3,(H,21,22). The van der Waals surface area contributed by atoms with Gasteiger partial charge in [-0.3, -0.25) is 4.79 Å². The summed E-state index contributed by atoms with van der Waals surface area (Å²) in [6.07, 6.45) is 3.71. The van der Waals surface area contributed by atoms with Crippen LogP contribution in [0.5, 0.6) is 0 Å². The number of ether oxygens (including phenoxy) is 1. The first-order chi connectivity index (χ1) is 13.0. The molecule has 1 saturated heterocycles. The molecule has 0 aliphatic carbocycles. The van der Waals surface area contributed by atoms with E-state index in [4.69, 9.17) is 4.74 Å². The molecule has 2 aromatic carbocycles. The molecule has 0 aromatic heterocycles. The molecule has 3 rings (SSSR count). The number of carbonyl (C=O) groups excluding carboxylic acids is 1. The molecule has 8 heteroatoms. The third kappa shape index (κ3) is 5.32. The second kappa shape index (κ2) is 8.88. The summed E-state index contributed by atoms with van der Waals surface area (Å²) in [4.78, 5) is 13.5. The summed E-state index contributed by atoms with van der Waals surface area (Å²) in [6.45, 7) is 0.937. The molecule has 0 spiro atoms. The molecule has 6 nitrogen and oxygen atoms in total. The number of amides is 1. The smallest absolute Gasteiger partial charge is 0.255 e. The summed E-state index contributed by atoms with van der Waals surface area (Å²) in [5.74, 6) is -0.287. The Bertz CT molecular complexity index is 892. The van der Waals surface area contributed by atoms with E-state index < -0.39 is 10.0 Å². The van der Waals surface area contributed by atoms with Crippen LogP contribution in [-0.2, 0) is 14.8 Å². The first kappa shape index (κ1) is 19.9. The van der Waals surface area contributed by atoms with Crippen molar-refractivity contribution in [3.8, 4) is 0 Å². The van der Waals surface area contributed by atoms with Gasteiger partial charge >= 0.3 is 0 Å². The average molecular weight is 407 g/mol. The number of carbonyl (C=O) groups is 1. The fraction of sp³-hybridized carbons (Fsp3) is 0.316. The summed E-state index contributed by atoms with van der Waals surface area (Å²) in [5, 5.41) is 2.82. The molecule has 1 unspecified atom stereocenters. The number of rotatable bonds is 7. The van der Waals surface area contributed by atoms with Crippen LogP contribution in [0, 0.1) is 0 Å². The Morgan fingerprint density at radius 3 is 2.67 bits per heavy atom. The van der Waals surface area contributed by atoms with Crippen molar-refractivity contribution in [2.24, 2.45) is 0 Å². The molecule has 0 radical (unpaired) electrons. The van der Waals surface area contributed by atoms with E-state index >= 15 is 0 Å². The molecular formula is C19H22N2O4S2. The lowest BCUT2D eigenvalue weighted by molar-refractivity contribution is 0.102. The Hall–Kier alpha value is -1.87. The van der Waals surface area contributed by atoms with Gasteiger partial charge in [0.05, 0.1) is 11.0 Å². The maximum atomic E-state index is 12.4. The third-order valence-electron chi connectivity index (χ3n) is 4.28. The predicted octanol–water partition coefficient (Wildman–Crippen LogP) is 3.12. The van der Waals surface area contributed by atoms with Crippen molar-refractivity contribution in [2.75, 3.05) is 24.7 Å². The summed E-state index contributed by atoms with van der Waals surface area (Å²) in [5.41, 5.74) is 1.09. The third-order valence-corrected chi connectivity index (χ3v) is 6.44. The van der Waals surface area contributed by atoms with E-state index in [1.54, 1.807) is 11.8 Å².